The highest BCUT2D eigenvalue weighted by Crippen LogP contribution is 2.61. The highest BCUT2D eigenvalue weighted by Gasteiger charge is 2.77. The van der Waals surface area contributed by atoms with Crippen molar-refractivity contribution in [3.63, 3.8) is 0 Å². The number of fused-ring (bicyclic) bond motifs is 1. The van der Waals surface area contributed by atoms with Crippen LogP contribution in [0, 0.1) is 18.8 Å². The largest absolute Gasteiger partial charge is 0.360 e. The van der Waals surface area contributed by atoms with Gasteiger partial charge in [0.05, 0.1) is 17.4 Å². The van der Waals surface area contributed by atoms with Gasteiger partial charge >= 0.3 is 0 Å². The molecule has 3 amide bonds. The third kappa shape index (κ3) is 2.73. The standard InChI is InChI=1S/C23H28N4O5/c1-12-11-15(26-31-12)25-19(28)16-17-21(30)27(14-7-8-14)18(20(29)24-13-5-3-4-6-13)23(17)10-9-22(16,2)32-23/h9-11,13-14,16-18H,3-8H2,1-2H3,(H,24,29)(H,25,26,28)/t16-,17+,18-,22+,23+/m0/s1. The lowest BCUT2D eigenvalue weighted by molar-refractivity contribution is -0.144. The van der Waals surface area contributed by atoms with E-state index in [9.17, 15) is 14.4 Å². The quantitative estimate of drug-likeness (QED) is 0.674. The number of carbonyl (C=O) groups is 3. The molecule has 32 heavy (non-hydrogen) atoms. The van der Waals surface area contributed by atoms with Gasteiger partial charge < -0.3 is 24.8 Å². The van der Waals surface area contributed by atoms with Crippen molar-refractivity contribution < 1.29 is 23.6 Å². The van der Waals surface area contributed by atoms with E-state index in [2.05, 4.69) is 15.8 Å². The molecule has 6 rings (SSSR count). The highest BCUT2D eigenvalue weighted by molar-refractivity contribution is 6.03. The van der Waals surface area contributed by atoms with Crippen LogP contribution in [-0.4, -0.2) is 57.1 Å². The summed E-state index contributed by atoms with van der Waals surface area (Å²) in [6.45, 7) is 3.56. The summed E-state index contributed by atoms with van der Waals surface area (Å²) in [6.07, 6.45) is 9.59. The predicted octanol–water partition coefficient (Wildman–Crippen LogP) is 1.68. The number of aryl methyl sites for hydroxylation is 1. The first kappa shape index (κ1) is 20.0. The van der Waals surface area contributed by atoms with Gasteiger partial charge in [-0.05, 0) is 39.5 Å². The molecule has 0 radical (unpaired) electrons. The maximum atomic E-state index is 13.7. The Bertz CT molecular complexity index is 1030. The Kier molecular flexibility index (Phi) is 4.16. The summed E-state index contributed by atoms with van der Waals surface area (Å²) in [5.74, 6) is -1.30. The molecule has 9 heteroatoms. The van der Waals surface area contributed by atoms with Gasteiger partial charge in [0, 0.05) is 18.2 Å². The lowest BCUT2D eigenvalue weighted by Crippen LogP contribution is -2.56. The zero-order chi connectivity index (χ0) is 22.3. The molecule has 2 saturated heterocycles. The van der Waals surface area contributed by atoms with E-state index in [0.717, 1.165) is 38.5 Å². The number of likely N-dealkylation sites (tertiary alicyclic amines) is 1. The fourth-order valence-corrected chi connectivity index (χ4v) is 6.29. The number of nitrogens with one attached hydrogen (secondary N) is 2. The first-order valence-corrected chi connectivity index (χ1v) is 11.6. The van der Waals surface area contributed by atoms with Crippen LogP contribution in [0.2, 0.25) is 0 Å². The van der Waals surface area contributed by atoms with Crippen LogP contribution in [0.1, 0.15) is 51.2 Å². The molecule has 1 aromatic heterocycles. The molecule has 5 atom stereocenters. The summed E-state index contributed by atoms with van der Waals surface area (Å²) in [6, 6.07) is 1.05. The molecule has 4 fully saturated rings. The van der Waals surface area contributed by atoms with E-state index < -0.39 is 29.1 Å². The molecule has 2 N–H and O–H groups in total. The molecule has 1 aromatic rings. The van der Waals surface area contributed by atoms with Crippen LogP contribution in [0.25, 0.3) is 0 Å². The number of amides is 3. The van der Waals surface area contributed by atoms with Gasteiger partial charge in [0.25, 0.3) is 0 Å². The molecule has 4 heterocycles. The van der Waals surface area contributed by atoms with Crippen molar-refractivity contribution in [2.24, 2.45) is 11.8 Å². The van der Waals surface area contributed by atoms with E-state index in [1.54, 1.807) is 17.9 Å². The average Bonchev–Trinajstić information content (AvgIpc) is 3.06. The van der Waals surface area contributed by atoms with Crippen LogP contribution in [0.4, 0.5) is 5.82 Å². The summed E-state index contributed by atoms with van der Waals surface area (Å²) in [4.78, 5) is 42.4. The normalized spacial score (nSPS) is 37.9. The minimum atomic E-state index is -1.13. The van der Waals surface area contributed by atoms with Crippen molar-refractivity contribution in [1.82, 2.24) is 15.4 Å². The lowest BCUT2D eigenvalue weighted by atomic mass is 9.70. The van der Waals surface area contributed by atoms with E-state index in [1.807, 2.05) is 19.1 Å². The van der Waals surface area contributed by atoms with E-state index in [1.165, 1.54) is 0 Å². The molecule has 1 spiro atoms. The molecule has 170 valence electrons. The Labute approximate surface area is 185 Å². The fourth-order valence-electron chi connectivity index (χ4n) is 6.29. The maximum Gasteiger partial charge on any atom is 0.246 e. The van der Waals surface area contributed by atoms with Gasteiger partial charge in [-0.3, -0.25) is 14.4 Å². The molecular weight excluding hydrogens is 412 g/mol. The van der Waals surface area contributed by atoms with Crippen molar-refractivity contribution in [3.8, 4) is 0 Å². The summed E-state index contributed by atoms with van der Waals surface area (Å²) in [5, 5.41) is 9.80. The number of carbonyl (C=O) groups excluding carboxylic acids is 3. The fraction of sp³-hybridized carbons (Fsp3) is 0.652. The molecule has 2 saturated carbocycles. The van der Waals surface area contributed by atoms with Crippen LogP contribution in [0.15, 0.2) is 22.7 Å². The van der Waals surface area contributed by atoms with Crippen molar-refractivity contribution in [1.29, 1.82) is 0 Å². The van der Waals surface area contributed by atoms with Gasteiger partial charge in [-0.2, -0.15) is 0 Å². The second kappa shape index (κ2) is 6.66. The van der Waals surface area contributed by atoms with Crippen molar-refractivity contribution in [2.45, 2.75) is 81.7 Å². The van der Waals surface area contributed by atoms with Crippen LogP contribution >= 0.6 is 0 Å². The van der Waals surface area contributed by atoms with E-state index in [-0.39, 0.29) is 29.8 Å². The van der Waals surface area contributed by atoms with Crippen molar-refractivity contribution >= 4 is 23.5 Å². The van der Waals surface area contributed by atoms with Crippen LogP contribution < -0.4 is 10.6 Å². The summed E-state index contributed by atoms with van der Waals surface area (Å²) in [7, 11) is 0. The minimum absolute atomic E-state index is 0.0348. The number of ether oxygens (including phenoxy) is 1. The van der Waals surface area contributed by atoms with Gasteiger partial charge in [0.2, 0.25) is 17.7 Å². The Morgan fingerprint density at radius 2 is 1.91 bits per heavy atom. The number of hydrogen-bond donors (Lipinski definition) is 2. The lowest BCUT2D eigenvalue weighted by Gasteiger charge is -2.33. The topological polar surface area (TPSA) is 114 Å². The van der Waals surface area contributed by atoms with E-state index in [0.29, 0.717) is 11.6 Å². The Hall–Kier alpha value is -2.68. The van der Waals surface area contributed by atoms with Gasteiger partial charge in [-0.1, -0.05) is 30.2 Å². The number of nitrogens with zero attached hydrogens (tertiary/aromatic N) is 2. The zero-order valence-corrected chi connectivity index (χ0v) is 18.3. The second-order valence-corrected chi connectivity index (χ2v) is 10.1. The van der Waals surface area contributed by atoms with Gasteiger partial charge in [-0.25, -0.2) is 0 Å². The van der Waals surface area contributed by atoms with Gasteiger partial charge in [-0.15, -0.1) is 0 Å². The van der Waals surface area contributed by atoms with E-state index >= 15 is 0 Å². The van der Waals surface area contributed by atoms with Crippen LogP contribution in [0.5, 0.6) is 0 Å². The number of hydrogen-bond acceptors (Lipinski definition) is 6. The van der Waals surface area contributed by atoms with E-state index in [4.69, 9.17) is 9.26 Å². The third-order valence-corrected chi connectivity index (χ3v) is 7.79. The maximum absolute atomic E-state index is 13.7. The molecule has 2 aliphatic carbocycles. The molecule has 5 aliphatic rings. The highest BCUT2D eigenvalue weighted by atomic mass is 16.5. The van der Waals surface area contributed by atoms with Gasteiger partial charge in [0.1, 0.15) is 17.4 Å². The van der Waals surface area contributed by atoms with Crippen molar-refractivity contribution in [2.75, 3.05) is 5.32 Å². The first-order chi connectivity index (χ1) is 15.3. The Balaban J connectivity index is 1.34. The SMILES string of the molecule is Cc1cc(NC(=O)[C@@H]2[C@@H]3C(=O)N(C4CC4)[C@@H](C(=O)NC4CCCC4)[C@@]34C=C[C@@]2(C)O4)no1. The number of aromatic nitrogens is 1. The number of rotatable bonds is 5. The summed E-state index contributed by atoms with van der Waals surface area (Å²) >= 11 is 0. The Morgan fingerprint density at radius 3 is 2.56 bits per heavy atom. The van der Waals surface area contributed by atoms with Crippen molar-refractivity contribution in [3.05, 3.63) is 24.0 Å². The minimum Gasteiger partial charge on any atom is -0.360 e. The second-order valence-electron chi connectivity index (χ2n) is 10.1. The smallest absolute Gasteiger partial charge is 0.246 e. The molecule has 0 aromatic carbocycles. The number of anilines is 1. The monoisotopic (exact) mass is 440 g/mol. The van der Waals surface area contributed by atoms with Gasteiger partial charge in [0.15, 0.2) is 5.82 Å². The molecule has 9 nitrogen and oxygen atoms in total. The molecule has 0 unspecified atom stereocenters. The average molecular weight is 441 g/mol. The molecule has 2 bridgehead atoms. The molecule has 3 aliphatic heterocycles. The van der Waals surface area contributed by atoms with Crippen LogP contribution in [-0.2, 0) is 19.1 Å². The Morgan fingerprint density at radius 1 is 1.16 bits per heavy atom. The summed E-state index contributed by atoms with van der Waals surface area (Å²) < 4.78 is 11.5. The first-order valence-electron chi connectivity index (χ1n) is 11.6. The van der Waals surface area contributed by atoms with Crippen LogP contribution in [0.3, 0.4) is 0 Å². The zero-order valence-electron chi connectivity index (χ0n) is 18.3. The predicted molar refractivity (Wildman–Crippen MR) is 112 cm³/mol. The molecular formula is C23H28N4O5. The third-order valence-electron chi connectivity index (χ3n) is 7.79. The summed E-state index contributed by atoms with van der Waals surface area (Å²) in [5.41, 5.74) is -2.09.